The molecule has 0 fully saturated rings. The number of aromatic nitrogens is 1. The highest BCUT2D eigenvalue weighted by Gasteiger charge is 2.17. The van der Waals surface area contributed by atoms with Crippen molar-refractivity contribution in [1.29, 1.82) is 0 Å². The molecule has 0 bridgehead atoms. The van der Waals surface area contributed by atoms with Gasteiger partial charge in [0.25, 0.3) is 0 Å². The number of pyridine rings is 1. The van der Waals surface area contributed by atoms with Crippen molar-refractivity contribution in [3.8, 4) is 5.75 Å². The number of phosphoric acid groups is 1. The molecule has 90 valence electrons. The number of rotatable bonds is 4. The van der Waals surface area contributed by atoms with E-state index in [1.165, 1.54) is 6.20 Å². The highest BCUT2D eigenvalue weighted by Crippen LogP contribution is 2.38. The van der Waals surface area contributed by atoms with E-state index in [9.17, 15) is 9.67 Å². The molecule has 1 aromatic rings. The second kappa shape index (κ2) is 4.93. The summed E-state index contributed by atoms with van der Waals surface area (Å²) in [4.78, 5) is 21.0. The van der Waals surface area contributed by atoms with Crippen LogP contribution in [0, 0.1) is 6.92 Å². The lowest BCUT2D eigenvalue weighted by atomic mass is 10.1. The Morgan fingerprint density at radius 3 is 2.62 bits per heavy atom. The van der Waals surface area contributed by atoms with Crippen LogP contribution in [0.25, 0.3) is 0 Å². The van der Waals surface area contributed by atoms with Crippen molar-refractivity contribution in [1.82, 2.24) is 4.98 Å². The molecule has 0 saturated heterocycles. The second-order valence-corrected chi connectivity index (χ2v) is 4.55. The molecule has 0 aromatic carbocycles. The van der Waals surface area contributed by atoms with E-state index in [1.54, 1.807) is 6.92 Å². The zero-order valence-corrected chi connectivity index (χ0v) is 9.94. The SMILES string of the molecule is CCc1c(COP(=O)(O)O)cnc(C)c1O. The van der Waals surface area contributed by atoms with Crippen LogP contribution < -0.4 is 0 Å². The van der Waals surface area contributed by atoms with Gasteiger partial charge in [0.05, 0.1) is 12.3 Å². The third-order valence-electron chi connectivity index (χ3n) is 2.17. The van der Waals surface area contributed by atoms with Gasteiger partial charge in [0.2, 0.25) is 0 Å². The van der Waals surface area contributed by atoms with Crippen molar-refractivity contribution >= 4 is 7.82 Å². The minimum absolute atomic E-state index is 0.0503. The number of hydrogen-bond acceptors (Lipinski definition) is 4. The summed E-state index contributed by atoms with van der Waals surface area (Å²) in [6.07, 6.45) is 1.98. The summed E-state index contributed by atoms with van der Waals surface area (Å²) in [6, 6.07) is 0. The van der Waals surface area contributed by atoms with Crippen molar-refractivity contribution in [2.45, 2.75) is 26.9 Å². The summed E-state index contributed by atoms with van der Waals surface area (Å²) < 4.78 is 14.9. The first kappa shape index (κ1) is 13.1. The Balaban J connectivity index is 2.97. The van der Waals surface area contributed by atoms with Gasteiger partial charge in [-0.2, -0.15) is 0 Å². The molecule has 3 N–H and O–H groups in total. The lowest BCUT2D eigenvalue weighted by molar-refractivity contribution is 0.188. The predicted molar refractivity (Wildman–Crippen MR) is 56.8 cm³/mol. The maximum atomic E-state index is 10.5. The lowest BCUT2D eigenvalue weighted by Gasteiger charge is -2.11. The number of nitrogens with zero attached hydrogens (tertiary/aromatic N) is 1. The molecule has 6 nitrogen and oxygen atoms in total. The first-order valence-corrected chi connectivity index (χ1v) is 6.24. The summed E-state index contributed by atoms with van der Waals surface area (Å²) in [6.45, 7) is 3.21. The molecule has 7 heteroatoms. The van der Waals surface area contributed by atoms with Gasteiger partial charge in [-0.3, -0.25) is 9.51 Å². The minimum atomic E-state index is -4.50. The Bertz CT molecular complexity index is 428. The molecule has 0 atom stereocenters. The Morgan fingerprint density at radius 1 is 1.50 bits per heavy atom. The zero-order chi connectivity index (χ0) is 12.3. The molecular formula is C9H14NO5P. The van der Waals surface area contributed by atoms with E-state index in [0.29, 0.717) is 23.2 Å². The Morgan fingerprint density at radius 2 is 2.12 bits per heavy atom. The maximum absolute atomic E-state index is 10.5. The molecule has 0 saturated carbocycles. The van der Waals surface area contributed by atoms with Gasteiger partial charge in [-0.25, -0.2) is 4.57 Å². The van der Waals surface area contributed by atoms with E-state index in [0.717, 1.165) is 0 Å². The summed E-state index contributed by atoms with van der Waals surface area (Å²) in [5.41, 5.74) is 1.56. The average Bonchev–Trinajstić information content (AvgIpc) is 2.18. The Hall–Kier alpha value is -0.940. The fraction of sp³-hybridized carbons (Fsp3) is 0.444. The molecule has 0 amide bonds. The van der Waals surface area contributed by atoms with Crippen LogP contribution in [0.3, 0.4) is 0 Å². The summed E-state index contributed by atoms with van der Waals surface area (Å²) in [5.74, 6) is 0.0503. The van der Waals surface area contributed by atoms with Crippen molar-refractivity contribution in [2.75, 3.05) is 0 Å². The number of aromatic hydroxyl groups is 1. The van der Waals surface area contributed by atoms with Crippen LogP contribution in [-0.2, 0) is 22.1 Å². The molecule has 1 heterocycles. The van der Waals surface area contributed by atoms with Crippen LogP contribution in [-0.4, -0.2) is 19.9 Å². The lowest BCUT2D eigenvalue weighted by Crippen LogP contribution is -1.99. The molecular weight excluding hydrogens is 233 g/mol. The molecule has 0 aliphatic rings. The molecule has 0 radical (unpaired) electrons. The zero-order valence-electron chi connectivity index (χ0n) is 9.04. The molecule has 0 spiro atoms. The second-order valence-electron chi connectivity index (χ2n) is 3.31. The number of hydrogen-bond donors (Lipinski definition) is 3. The van der Waals surface area contributed by atoms with Gasteiger partial charge in [0, 0.05) is 17.3 Å². The minimum Gasteiger partial charge on any atom is -0.506 e. The van der Waals surface area contributed by atoms with Crippen molar-refractivity contribution in [3.05, 3.63) is 23.0 Å². The monoisotopic (exact) mass is 247 g/mol. The van der Waals surface area contributed by atoms with E-state index in [2.05, 4.69) is 9.51 Å². The first-order chi connectivity index (χ1) is 7.35. The van der Waals surface area contributed by atoms with Gasteiger partial charge in [0.15, 0.2) is 0 Å². The fourth-order valence-corrected chi connectivity index (χ4v) is 1.66. The maximum Gasteiger partial charge on any atom is 0.469 e. The predicted octanol–water partition coefficient (Wildman–Crippen LogP) is 1.27. The third-order valence-corrected chi connectivity index (χ3v) is 2.64. The van der Waals surface area contributed by atoms with E-state index >= 15 is 0 Å². The van der Waals surface area contributed by atoms with Crippen LogP contribution in [0.2, 0.25) is 0 Å². The summed E-state index contributed by atoms with van der Waals surface area (Å²) in [7, 11) is -4.50. The molecule has 1 rings (SSSR count). The van der Waals surface area contributed by atoms with E-state index in [-0.39, 0.29) is 12.4 Å². The van der Waals surface area contributed by atoms with Gasteiger partial charge < -0.3 is 14.9 Å². The average molecular weight is 247 g/mol. The van der Waals surface area contributed by atoms with Crippen LogP contribution in [0.5, 0.6) is 5.75 Å². The highest BCUT2D eigenvalue weighted by molar-refractivity contribution is 7.46. The number of phosphoric ester groups is 1. The Labute approximate surface area is 93.2 Å². The largest absolute Gasteiger partial charge is 0.506 e. The van der Waals surface area contributed by atoms with E-state index in [4.69, 9.17) is 9.79 Å². The van der Waals surface area contributed by atoms with Crippen LogP contribution in [0.4, 0.5) is 0 Å². The van der Waals surface area contributed by atoms with Crippen molar-refractivity contribution < 1.29 is 24.0 Å². The van der Waals surface area contributed by atoms with E-state index < -0.39 is 7.82 Å². The molecule has 1 aromatic heterocycles. The normalized spacial score (nSPS) is 11.8. The quantitative estimate of drug-likeness (QED) is 0.693. The van der Waals surface area contributed by atoms with Crippen LogP contribution >= 0.6 is 7.82 Å². The Kier molecular flexibility index (Phi) is 4.04. The van der Waals surface area contributed by atoms with Crippen LogP contribution in [0.1, 0.15) is 23.7 Å². The van der Waals surface area contributed by atoms with Gasteiger partial charge >= 0.3 is 7.82 Å². The number of aryl methyl sites for hydroxylation is 1. The first-order valence-electron chi connectivity index (χ1n) is 4.71. The third kappa shape index (κ3) is 3.28. The topological polar surface area (TPSA) is 99.9 Å². The van der Waals surface area contributed by atoms with Gasteiger partial charge in [0.1, 0.15) is 5.75 Å². The van der Waals surface area contributed by atoms with E-state index in [1.807, 2.05) is 6.92 Å². The van der Waals surface area contributed by atoms with Crippen molar-refractivity contribution in [2.24, 2.45) is 0 Å². The van der Waals surface area contributed by atoms with Crippen LogP contribution in [0.15, 0.2) is 6.20 Å². The molecule has 16 heavy (non-hydrogen) atoms. The fourth-order valence-electron chi connectivity index (χ4n) is 1.36. The smallest absolute Gasteiger partial charge is 0.469 e. The van der Waals surface area contributed by atoms with Gasteiger partial charge in [-0.05, 0) is 13.3 Å². The summed E-state index contributed by atoms with van der Waals surface area (Å²) >= 11 is 0. The standard InChI is InChI=1S/C9H14NO5P/c1-3-8-7(5-15-16(12,13)14)4-10-6(2)9(8)11/h4,11H,3,5H2,1-2H3,(H2,12,13,14). The summed E-state index contributed by atoms with van der Waals surface area (Å²) in [5, 5.41) is 9.70. The van der Waals surface area contributed by atoms with Crippen molar-refractivity contribution in [3.63, 3.8) is 0 Å². The van der Waals surface area contributed by atoms with Gasteiger partial charge in [-0.15, -0.1) is 0 Å². The highest BCUT2D eigenvalue weighted by atomic mass is 31.2. The van der Waals surface area contributed by atoms with Gasteiger partial charge in [-0.1, -0.05) is 6.92 Å². The molecule has 0 unspecified atom stereocenters. The molecule has 0 aliphatic carbocycles. The molecule has 0 aliphatic heterocycles.